The average Bonchev–Trinajstić information content (AvgIpc) is 2.47. The van der Waals surface area contributed by atoms with Gasteiger partial charge in [0.1, 0.15) is 0 Å². The Balaban J connectivity index is 2.12. The van der Waals surface area contributed by atoms with Crippen LogP contribution in [0.4, 0.5) is 11.5 Å². The van der Waals surface area contributed by atoms with Gasteiger partial charge in [-0.05, 0) is 37.0 Å². The van der Waals surface area contributed by atoms with E-state index in [1.165, 1.54) is 12.5 Å². The van der Waals surface area contributed by atoms with Gasteiger partial charge in [-0.3, -0.25) is 4.79 Å². The van der Waals surface area contributed by atoms with Crippen LogP contribution in [0, 0.1) is 0 Å². The average molecular weight is 296 g/mol. The van der Waals surface area contributed by atoms with E-state index in [-0.39, 0.29) is 5.91 Å². The fraction of sp³-hybridized carbons (Fsp3) is 0.353. The first-order valence-electron chi connectivity index (χ1n) is 7.64. The fourth-order valence-electron chi connectivity index (χ4n) is 2.88. The monoisotopic (exact) mass is 296 g/mol. The first kappa shape index (κ1) is 14.5. The summed E-state index contributed by atoms with van der Waals surface area (Å²) in [6, 6.07) is 5.93. The number of aromatic nitrogens is 2. The number of nitrogens with zero attached hydrogens (tertiary/aromatic N) is 2. The van der Waals surface area contributed by atoms with Crippen LogP contribution in [0.1, 0.15) is 37.2 Å². The number of rotatable bonds is 3. The van der Waals surface area contributed by atoms with E-state index in [1.54, 1.807) is 0 Å². The number of amides is 1. The Morgan fingerprint density at radius 1 is 1.32 bits per heavy atom. The molecule has 3 N–H and O–H groups in total. The number of carbonyl (C=O) groups excluding carboxylic acids is 1. The molecule has 0 radical (unpaired) electrons. The number of benzene rings is 1. The van der Waals surface area contributed by atoms with Crippen molar-refractivity contribution in [3.8, 4) is 11.3 Å². The topological polar surface area (TPSA) is 80.9 Å². The van der Waals surface area contributed by atoms with Gasteiger partial charge in [0.15, 0.2) is 5.82 Å². The van der Waals surface area contributed by atoms with E-state index < -0.39 is 0 Å². The van der Waals surface area contributed by atoms with Crippen LogP contribution in [0.25, 0.3) is 11.3 Å². The van der Waals surface area contributed by atoms with Crippen molar-refractivity contribution in [3.63, 3.8) is 0 Å². The van der Waals surface area contributed by atoms with Gasteiger partial charge in [-0.2, -0.15) is 0 Å². The molecule has 1 aromatic carbocycles. The smallest absolute Gasteiger partial charge is 0.222 e. The van der Waals surface area contributed by atoms with E-state index in [4.69, 9.17) is 10.7 Å². The maximum Gasteiger partial charge on any atom is 0.222 e. The maximum absolute atomic E-state index is 11.4. The van der Waals surface area contributed by atoms with Crippen LogP contribution < -0.4 is 11.1 Å². The summed E-state index contributed by atoms with van der Waals surface area (Å²) in [4.78, 5) is 20.9. The Morgan fingerprint density at radius 2 is 2.14 bits per heavy atom. The van der Waals surface area contributed by atoms with Crippen molar-refractivity contribution in [1.82, 2.24) is 9.97 Å². The van der Waals surface area contributed by atoms with Crippen molar-refractivity contribution >= 4 is 17.4 Å². The van der Waals surface area contributed by atoms with Crippen LogP contribution in [0.15, 0.2) is 18.2 Å². The van der Waals surface area contributed by atoms with Crippen LogP contribution in [0.3, 0.4) is 0 Å². The van der Waals surface area contributed by atoms with Gasteiger partial charge in [0, 0.05) is 18.2 Å². The SMILES string of the molecule is CCCc1nc2c(nc1NC(C)=O)CCc1cc(N)ccc1-2. The van der Waals surface area contributed by atoms with Crippen LogP contribution in [0.5, 0.6) is 0 Å². The highest BCUT2D eigenvalue weighted by Gasteiger charge is 2.21. The standard InChI is InChI=1S/C17H20N4O/c1-3-4-15-17(19-10(2)22)21-14-8-5-11-9-12(18)6-7-13(11)16(14)20-15/h6-7,9H,3-5,8,18H2,1-2H3,(H,19,21,22). The second-order valence-electron chi connectivity index (χ2n) is 5.66. The van der Waals surface area contributed by atoms with E-state index >= 15 is 0 Å². The molecule has 0 aliphatic heterocycles. The number of nitrogen functional groups attached to an aromatic ring is 1. The summed E-state index contributed by atoms with van der Waals surface area (Å²) in [5.41, 5.74) is 11.7. The molecular formula is C17H20N4O. The van der Waals surface area contributed by atoms with Crippen LogP contribution in [0.2, 0.25) is 0 Å². The predicted molar refractivity (Wildman–Crippen MR) is 87.6 cm³/mol. The zero-order valence-corrected chi connectivity index (χ0v) is 12.9. The Hall–Kier alpha value is -2.43. The molecule has 114 valence electrons. The number of aryl methyl sites for hydroxylation is 3. The lowest BCUT2D eigenvalue weighted by atomic mass is 9.91. The van der Waals surface area contributed by atoms with Crippen LogP contribution in [-0.2, 0) is 24.1 Å². The zero-order chi connectivity index (χ0) is 15.7. The molecule has 5 heteroatoms. The van der Waals surface area contributed by atoms with Gasteiger partial charge < -0.3 is 11.1 Å². The van der Waals surface area contributed by atoms with Gasteiger partial charge in [0.25, 0.3) is 0 Å². The molecule has 1 aromatic heterocycles. The summed E-state index contributed by atoms with van der Waals surface area (Å²) in [7, 11) is 0. The van der Waals surface area contributed by atoms with E-state index in [1.807, 2.05) is 18.2 Å². The molecular weight excluding hydrogens is 276 g/mol. The summed E-state index contributed by atoms with van der Waals surface area (Å²) in [5.74, 6) is 0.489. The van der Waals surface area contributed by atoms with Crippen molar-refractivity contribution in [2.75, 3.05) is 11.1 Å². The van der Waals surface area contributed by atoms with E-state index in [9.17, 15) is 4.79 Å². The van der Waals surface area contributed by atoms with Gasteiger partial charge >= 0.3 is 0 Å². The van der Waals surface area contributed by atoms with E-state index in [2.05, 4.69) is 17.2 Å². The van der Waals surface area contributed by atoms with Crippen molar-refractivity contribution in [2.24, 2.45) is 0 Å². The van der Waals surface area contributed by atoms with E-state index in [0.29, 0.717) is 5.82 Å². The minimum atomic E-state index is -0.115. The van der Waals surface area contributed by atoms with Gasteiger partial charge in [-0.15, -0.1) is 0 Å². The number of anilines is 2. The second-order valence-corrected chi connectivity index (χ2v) is 5.66. The second kappa shape index (κ2) is 5.75. The third-order valence-corrected chi connectivity index (χ3v) is 3.84. The Labute approximate surface area is 130 Å². The number of hydrogen-bond acceptors (Lipinski definition) is 4. The highest BCUT2D eigenvalue weighted by atomic mass is 16.1. The lowest BCUT2D eigenvalue weighted by Gasteiger charge is -2.21. The molecule has 22 heavy (non-hydrogen) atoms. The molecule has 0 atom stereocenters. The molecule has 1 aliphatic carbocycles. The number of carbonyl (C=O) groups is 1. The molecule has 1 amide bonds. The summed E-state index contributed by atoms with van der Waals surface area (Å²) >= 11 is 0. The minimum Gasteiger partial charge on any atom is -0.399 e. The number of nitrogens with two attached hydrogens (primary N) is 1. The summed E-state index contributed by atoms with van der Waals surface area (Å²) in [5, 5.41) is 2.81. The van der Waals surface area contributed by atoms with Gasteiger partial charge in [-0.1, -0.05) is 19.4 Å². The van der Waals surface area contributed by atoms with Gasteiger partial charge in [0.05, 0.1) is 17.1 Å². The lowest BCUT2D eigenvalue weighted by Crippen LogP contribution is -2.16. The normalized spacial score (nSPS) is 12.5. The molecule has 0 saturated heterocycles. The first-order chi connectivity index (χ1) is 10.6. The summed E-state index contributed by atoms with van der Waals surface area (Å²) < 4.78 is 0. The highest BCUT2D eigenvalue weighted by molar-refractivity contribution is 5.88. The molecule has 2 aromatic rings. The number of nitrogens with one attached hydrogen (secondary N) is 1. The highest BCUT2D eigenvalue weighted by Crippen LogP contribution is 2.33. The largest absolute Gasteiger partial charge is 0.399 e. The van der Waals surface area contributed by atoms with Crippen molar-refractivity contribution < 1.29 is 4.79 Å². The molecule has 0 bridgehead atoms. The molecule has 5 nitrogen and oxygen atoms in total. The van der Waals surface area contributed by atoms with Crippen molar-refractivity contribution in [3.05, 3.63) is 35.2 Å². The Morgan fingerprint density at radius 3 is 2.86 bits per heavy atom. The first-order valence-corrected chi connectivity index (χ1v) is 7.64. The lowest BCUT2D eigenvalue weighted by molar-refractivity contribution is -0.114. The van der Waals surface area contributed by atoms with Crippen LogP contribution in [-0.4, -0.2) is 15.9 Å². The van der Waals surface area contributed by atoms with Crippen molar-refractivity contribution in [2.45, 2.75) is 39.5 Å². The Bertz CT molecular complexity index is 740. The molecule has 1 aliphatic rings. The maximum atomic E-state index is 11.4. The third-order valence-electron chi connectivity index (χ3n) is 3.84. The van der Waals surface area contributed by atoms with E-state index in [0.717, 1.165) is 54.0 Å². The third kappa shape index (κ3) is 2.66. The molecule has 0 fully saturated rings. The fourth-order valence-corrected chi connectivity index (χ4v) is 2.88. The molecule has 0 saturated carbocycles. The number of hydrogen-bond donors (Lipinski definition) is 2. The quantitative estimate of drug-likeness (QED) is 0.853. The van der Waals surface area contributed by atoms with Crippen LogP contribution >= 0.6 is 0 Å². The summed E-state index contributed by atoms with van der Waals surface area (Å²) in [6.45, 7) is 3.59. The predicted octanol–water partition coefficient (Wildman–Crippen LogP) is 2.74. The minimum absolute atomic E-state index is 0.115. The molecule has 0 spiro atoms. The summed E-state index contributed by atoms with van der Waals surface area (Å²) in [6.07, 6.45) is 3.46. The molecule has 1 heterocycles. The molecule has 3 rings (SSSR count). The van der Waals surface area contributed by atoms with Crippen molar-refractivity contribution in [1.29, 1.82) is 0 Å². The van der Waals surface area contributed by atoms with Gasteiger partial charge in [-0.25, -0.2) is 9.97 Å². The number of fused-ring (bicyclic) bond motifs is 3. The van der Waals surface area contributed by atoms with Gasteiger partial charge in [0.2, 0.25) is 5.91 Å². The Kier molecular flexibility index (Phi) is 3.79. The zero-order valence-electron chi connectivity index (χ0n) is 12.9. The molecule has 0 unspecified atom stereocenters.